The molecule has 0 saturated carbocycles. The van der Waals surface area contributed by atoms with Crippen LogP contribution in [-0.2, 0) is 4.74 Å². The molecule has 1 aliphatic rings. The van der Waals surface area contributed by atoms with Gasteiger partial charge in [-0.3, -0.25) is 9.78 Å². The first-order chi connectivity index (χ1) is 8.20. The molecule has 1 fully saturated rings. The molecule has 0 atom stereocenters. The summed E-state index contributed by atoms with van der Waals surface area (Å²) in [4.78, 5) is 17.6. The molecule has 92 valence electrons. The second-order valence-corrected chi connectivity index (χ2v) is 4.38. The van der Waals surface area contributed by atoms with Gasteiger partial charge in [0.05, 0.1) is 18.0 Å². The van der Waals surface area contributed by atoms with Gasteiger partial charge in [0.25, 0.3) is 0 Å². The number of methoxy groups -OCH3 is 1. The molecule has 2 rings (SSSR count). The minimum absolute atomic E-state index is 0.00893. The molecule has 0 spiro atoms. The molecular weight excluding hydrogens is 216 g/mol. The first-order valence-corrected chi connectivity index (χ1v) is 5.95. The maximum absolute atomic E-state index is 11.1. The van der Waals surface area contributed by atoms with Gasteiger partial charge in [0.2, 0.25) is 0 Å². The Balaban J connectivity index is 2.01. The molecule has 4 nitrogen and oxygen atoms in total. The Labute approximate surface area is 102 Å². The average Bonchev–Trinajstić information content (AvgIpc) is 2.39. The quantitative estimate of drug-likeness (QED) is 0.749. The van der Waals surface area contributed by atoms with Gasteiger partial charge in [-0.15, -0.1) is 0 Å². The Kier molecular flexibility index (Phi) is 3.74. The number of rotatable bonds is 3. The van der Waals surface area contributed by atoms with Gasteiger partial charge in [0.1, 0.15) is 5.69 Å². The molecular formula is C13H18N2O2. The van der Waals surface area contributed by atoms with Gasteiger partial charge in [-0.2, -0.15) is 0 Å². The lowest BCUT2D eigenvalue weighted by molar-refractivity contribution is 0.0819. The van der Waals surface area contributed by atoms with Crippen molar-refractivity contribution in [2.24, 2.45) is 0 Å². The highest BCUT2D eigenvalue weighted by Crippen LogP contribution is 2.20. The molecule has 17 heavy (non-hydrogen) atoms. The van der Waals surface area contributed by atoms with E-state index in [-0.39, 0.29) is 5.78 Å². The molecule has 2 heterocycles. The Morgan fingerprint density at radius 1 is 1.41 bits per heavy atom. The van der Waals surface area contributed by atoms with Crippen LogP contribution in [0.5, 0.6) is 0 Å². The van der Waals surface area contributed by atoms with Crippen LogP contribution in [0.2, 0.25) is 0 Å². The van der Waals surface area contributed by atoms with Crippen molar-refractivity contribution in [1.29, 1.82) is 0 Å². The van der Waals surface area contributed by atoms with Crippen molar-refractivity contribution in [2.45, 2.75) is 25.9 Å². The maximum Gasteiger partial charge on any atom is 0.178 e. The van der Waals surface area contributed by atoms with E-state index in [4.69, 9.17) is 4.74 Å². The monoisotopic (exact) mass is 234 g/mol. The van der Waals surface area contributed by atoms with Crippen LogP contribution < -0.4 is 4.90 Å². The average molecular weight is 234 g/mol. The van der Waals surface area contributed by atoms with Gasteiger partial charge in [0, 0.05) is 27.1 Å². The Bertz CT molecular complexity index is 381. The van der Waals surface area contributed by atoms with Crippen LogP contribution in [0.1, 0.15) is 30.3 Å². The van der Waals surface area contributed by atoms with Gasteiger partial charge in [-0.25, -0.2) is 0 Å². The van der Waals surface area contributed by atoms with Gasteiger partial charge in [-0.05, 0) is 25.0 Å². The molecule has 1 aliphatic heterocycles. The van der Waals surface area contributed by atoms with Gasteiger partial charge in [-0.1, -0.05) is 0 Å². The van der Waals surface area contributed by atoms with E-state index < -0.39 is 0 Å². The highest BCUT2D eigenvalue weighted by atomic mass is 16.5. The van der Waals surface area contributed by atoms with Crippen molar-refractivity contribution >= 4 is 11.5 Å². The molecule has 4 heteroatoms. The first kappa shape index (κ1) is 12.0. The number of hydrogen-bond donors (Lipinski definition) is 0. The van der Waals surface area contributed by atoms with Gasteiger partial charge in [0.15, 0.2) is 5.78 Å². The van der Waals surface area contributed by atoms with Crippen LogP contribution in [0.25, 0.3) is 0 Å². The number of hydrogen-bond acceptors (Lipinski definition) is 4. The number of carbonyl (C=O) groups is 1. The van der Waals surface area contributed by atoms with E-state index in [1.165, 1.54) is 6.92 Å². The Hall–Kier alpha value is -1.42. The number of aromatic nitrogens is 1. The second-order valence-electron chi connectivity index (χ2n) is 4.38. The third-order valence-electron chi connectivity index (χ3n) is 3.25. The van der Waals surface area contributed by atoms with Crippen molar-refractivity contribution in [3.63, 3.8) is 0 Å². The number of ether oxygens (including phenoxy) is 1. The zero-order valence-electron chi connectivity index (χ0n) is 10.3. The van der Waals surface area contributed by atoms with E-state index in [9.17, 15) is 4.79 Å². The minimum Gasteiger partial charge on any atom is -0.381 e. The number of anilines is 1. The Morgan fingerprint density at radius 3 is 2.59 bits per heavy atom. The van der Waals surface area contributed by atoms with Crippen molar-refractivity contribution in [2.75, 3.05) is 25.1 Å². The largest absolute Gasteiger partial charge is 0.381 e. The topological polar surface area (TPSA) is 42.4 Å². The number of carbonyl (C=O) groups excluding carboxylic acids is 1. The fraction of sp³-hybridized carbons (Fsp3) is 0.538. The molecule has 0 radical (unpaired) electrons. The van der Waals surface area contributed by atoms with E-state index in [0.29, 0.717) is 11.8 Å². The van der Waals surface area contributed by atoms with Crippen molar-refractivity contribution in [3.05, 3.63) is 24.0 Å². The van der Waals surface area contributed by atoms with Crippen molar-refractivity contribution in [1.82, 2.24) is 4.98 Å². The minimum atomic E-state index is 0.00893. The van der Waals surface area contributed by atoms with Crippen LogP contribution in [0.3, 0.4) is 0 Å². The van der Waals surface area contributed by atoms with Crippen LogP contribution >= 0.6 is 0 Å². The molecule has 0 unspecified atom stereocenters. The highest BCUT2D eigenvalue weighted by molar-refractivity contribution is 5.92. The number of pyridine rings is 1. The molecule has 0 amide bonds. The first-order valence-electron chi connectivity index (χ1n) is 5.95. The van der Waals surface area contributed by atoms with Crippen LogP contribution in [0.4, 0.5) is 5.69 Å². The molecule has 1 aromatic heterocycles. The molecule has 0 bridgehead atoms. The third kappa shape index (κ3) is 2.82. The summed E-state index contributed by atoms with van der Waals surface area (Å²) >= 11 is 0. The number of Topliss-reactive ketones (excluding diaryl/α,β-unsaturated/α-hetero) is 1. The summed E-state index contributed by atoms with van der Waals surface area (Å²) in [5, 5.41) is 0. The smallest absolute Gasteiger partial charge is 0.178 e. The Morgan fingerprint density at radius 2 is 2.12 bits per heavy atom. The van der Waals surface area contributed by atoms with Crippen LogP contribution in [0.15, 0.2) is 18.3 Å². The summed E-state index contributed by atoms with van der Waals surface area (Å²) in [7, 11) is 1.77. The lowest BCUT2D eigenvalue weighted by atomic mass is 10.1. The fourth-order valence-electron chi connectivity index (χ4n) is 2.13. The highest BCUT2D eigenvalue weighted by Gasteiger charge is 2.19. The van der Waals surface area contributed by atoms with E-state index in [1.54, 1.807) is 19.4 Å². The van der Waals surface area contributed by atoms with E-state index in [2.05, 4.69) is 9.88 Å². The normalized spacial score (nSPS) is 17.2. The van der Waals surface area contributed by atoms with E-state index in [0.717, 1.165) is 31.6 Å². The number of nitrogens with zero attached hydrogens (tertiary/aromatic N) is 2. The van der Waals surface area contributed by atoms with Gasteiger partial charge < -0.3 is 9.64 Å². The summed E-state index contributed by atoms with van der Waals surface area (Å²) in [5.41, 5.74) is 1.62. The van der Waals surface area contributed by atoms with E-state index in [1.807, 2.05) is 6.07 Å². The van der Waals surface area contributed by atoms with Crippen molar-refractivity contribution in [3.8, 4) is 0 Å². The standard InChI is InChI=1S/C13H18N2O2/c1-10(16)13-4-3-11(9-14-13)15-7-5-12(17-2)6-8-15/h3-4,9,12H,5-8H2,1-2H3. The summed E-state index contributed by atoms with van der Waals surface area (Å²) in [6.07, 6.45) is 4.26. The van der Waals surface area contributed by atoms with Gasteiger partial charge >= 0.3 is 0 Å². The molecule has 0 N–H and O–H groups in total. The van der Waals surface area contributed by atoms with Crippen LogP contribution in [-0.4, -0.2) is 37.1 Å². The predicted octanol–water partition coefficient (Wildman–Crippen LogP) is 1.90. The fourth-order valence-corrected chi connectivity index (χ4v) is 2.13. The SMILES string of the molecule is COC1CCN(c2ccc(C(C)=O)nc2)CC1. The molecule has 1 saturated heterocycles. The molecule has 1 aromatic rings. The number of piperidine rings is 1. The summed E-state index contributed by atoms with van der Waals surface area (Å²) in [6.45, 7) is 3.51. The lowest BCUT2D eigenvalue weighted by Gasteiger charge is -2.32. The lowest BCUT2D eigenvalue weighted by Crippen LogP contribution is -2.36. The summed E-state index contributed by atoms with van der Waals surface area (Å²) in [6, 6.07) is 3.76. The summed E-state index contributed by atoms with van der Waals surface area (Å²) in [5.74, 6) is 0.00893. The zero-order valence-corrected chi connectivity index (χ0v) is 10.3. The predicted molar refractivity (Wildman–Crippen MR) is 66.5 cm³/mol. The van der Waals surface area contributed by atoms with Crippen LogP contribution in [0, 0.1) is 0 Å². The third-order valence-corrected chi connectivity index (χ3v) is 3.25. The molecule has 0 aliphatic carbocycles. The summed E-state index contributed by atoms with van der Waals surface area (Å²) < 4.78 is 5.34. The maximum atomic E-state index is 11.1. The molecule has 0 aromatic carbocycles. The van der Waals surface area contributed by atoms with E-state index >= 15 is 0 Å². The second kappa shape index (κ2) is 5.27. The number of ketones is 1. The zero-order chi connectivity index (χ0) is 12.3. The van der Waals surface area contributed by atoms with Crippen molar-refractivity contribution < 1.29 is 9.53 Å².